The number of halogens is 1. The lowest BCUT2D eigenvalue weighted by atomic mass is 10.2. The highest BCUT2D eigenvalue weighted by Crippen LogP contribution is 2.14. The number of amides is 1. The van der Waals surface area contributed by atoms with E-state index in [0.29, 0.717) is 23.6 Å². The second-order valence-electron chi connectivity index (χ2n) is 4.59. The third kappa shape index (κ3) is 5.55. The summed E-state index contributed by atoms with van der Waals surface area (Å²) in [5.74, 6) is -0.0157. The van der Waals surface area contributed by atoms with Crippen molar-refractivity contribution in [2.75, 3.05) is 18.5 Å². The molecule has 0 saturated heterocycles. The van der Waals surface area contributed by atoms with E-state index in [1.807, 2.05) is 24.3 Å². The number of benzene rings is 2. The molecule has 0 heterocycles. The van der Waals surface area contributed by atoms with Gasteiger partial charge in [0, 0.05) is 9.26 Å². The number of rotatable bonds is 6. The Labute approximate surface area is 148 Å². The van der Waals surface area contributed by atoms with Crippen molar-refractivity contribution in [2.24, 2.45) is 0 Å². The van der Waals surface area contributed by atoms with Crippen LogP contribution in [0.1, 0.15) is 17.3 Å². The lowest BCUT2D eigenvalue weighted by Gasteiger charge is -2.08. The molecular formula is C17H16INO4. The van der Waals surface area contributed by atoms with Gasteiger partial charge in [0.2, 0.25) is 0 Å². The Hall–Kier alpha value is -2.09. The van der Waals surface area contributed by atoms with E-state index in [1.165, 1.54) is 0 Å². The number of carbonyl (C=O) groups is 2. The summed E-state index contributed by atoms with van der Waals surface area (Å²) < 4.78 is 11.4. The Morgan fingerprint density at radius 3 is 2.30 bits per heavy atom. The molecule has 2 aromatic carbocycles. The molecule has 0 aliphatic rings. The molecule has 2 aromatic rings. The quantitative estimate of drug-likeness (QED) is 0.569. The van der Waals surface area contributed by atoms with Gasteiger partial charge in [-0.1, -0.05) is 0 Å². The van der Waals surface area contributed by atoms with Crippen molar-refractivity contribution >= 4 is 40.2 Å². The molecule has 0 atom stereocenters. The van der Waals surface area contributed by atoms with Crippen LogP contribution in [0.15, 0.2) is 48.5 Å². The summed E-state index contributed by atoms with van der Waals surface area (Å²) >= 11 is 2.20. The molecule has 0 bridgehead atoms. The second-order valence-corrected chi connectivity index (χ2v) is 5.83. The zero-order valence-electron chi connectivity index (χ0n) is 12.5. The van der Waals surface area contributed by atoms with Crippen molar-refractivity contribution in [3.8, 4) is 5.75 Å². The highest BCUT2D eigenvalue weighted by Gasteiger charge is 2.07. The standard InChI is InChI=1S/C17H16INO4/c1-2-22-17(21)12-3-7-14(8-4-12)19-16(20)11-23-15-9-5-13(18)6-10-15/h3-10H,2,11H2,1H3,(H,19,20). The van der Waals surface area contributed by atoms with Gasteiger partial charge in [-0.3, -0.25) is 4.79 Å². The first-order chi connectivity index (χ1) is 11.1. The fourth-order valence-corrected chi connectivity index (χ4v) is 2.14. The molecular weight excluding hydrogens is 409 g/mol. The van der Waals surface area contributed by atoms with E-state index in [-0.39, 0.29) is 18.5 Å². The fourth-order valence-electron chi connectivity index (χ4n) is 1.78. The molecule has 0 saturated carbocycles. The summed E-state index contributed by atoms with van der Waals surface area (Å²) in [5.41, 5.74) is 1.04. The van der Waals surface area contributed by atoms with E-state index in [9.17, 15) is 9.59 Å². The number of carbonyl (C=O) groups excluding carboxylic acids is 2. The Kier molecular flexibility index (Phi) is 6.40. The maximum atomic E-state index is 11.8. The molecule has 6 heteroatoms. The number of anilines is 1. The molecule has 5 nitrogen and oxygen atoms in total. The zero-order valence-corrected chi connectivity index (χ0v) is 14.7. The average molecular weight is 425 g/mol. The SMILES string of the molecule is CCOC(=O)c1ccc(NC(=O)COc2ccc(I)cc2)cc1. The van der Waals surface area contributed by atoms with Gasteiger partial charge in [0.25, 0.3) is 5.91 Å². The molecule has 0 aliphatic carbocycles. The Morgan fingerprint density at radius 1 is 1.04 bits per heavy atom. The van der Waals surface area contributed by atoms with Gasteiger partial charge >= 0.3 is 5.97 Å². The van der Waals surface area contributed by atoms with Crippen molar-refractivity contribution in [3.63, 3.8) is 0 Å². The Morgan fingerprint density at radius 2 is 1.70 bits per heavy atom. The van der Waals surface area contributed by atoms with Gasteiger partial charge in [-0.2, -0.15) is 0 Å². The van der Waals surface area contributed by atoms with Crippen LogP contribution in [0.2, 0.25) is 0 Å². The predicted molar refractivity (Wildman–Crippen MR) is 95.7 cm³/mol. The van der Waals surface area contributed by atoms with Gasteiger partial charge in [0.1, 0.15) is 5.75 Å². The van der Waals surface area contributed by atoms with Crippen LogP contribution in [-0.2, 0) is 9.53 Å². The Balaban J connectivity index is 1.85. The lowest BCUT2D eigenvalue weighted by molar-refractivity contribution is -0.118. The summed E-state index contributed by atoms with van der Waals surface area (Å²) in [6.45, 7) is 1.99. The van der Waals surface area contributed by atoms with E-state index in [1.54, 1.807) is 31.2 Å². The molecule has 1 N–H and O–H groups in total. The molecule has 0 aliphatic heterocycles. The normalized spacial score (nSPS) is 10.0. The van der Waals surface area contributed by atoms with Crippen LogP contribution in [-0.4, -0.2) is 25.1 Å². The van der Waals surface area contributed by atoms with Gasteiger partial charge in [-0.15, -0.1) is 0 Å². The summed E-state index contributed by atoms with van der Waals surface area (Å²) in [6.07, 6.45) is 0. The highest BCUT2D eigenvalue weighted by atomic mass is 127. The van der Waals surface area contributed by atoms with E-state index >= 15 is 0 Å². The molecule has 0 spiro atoms. The van der Waals surface area contributed by atoms with Crippen LogP contribution in [0.5, 0.6) is 5.75 Å². The minimum absolute atomic E-state index is 0.0831. The maximum Gasteiger partial charge on any atom is 0.338 e. The van der Waals surface area contributed by atoms with Crippen LogP contribution in [0.3, 0.4) is 0 Å². The third-order valence-corrected chi connectivity index (χ3v) is 3.58. The van der Waals surface area contributed by atoms with Gasteiger partial charge in [-0.25, -0.2) is 4.79 Å². The number of ether oxygens (including phenoxy) is 2. The average Bonchev–Trinajstić information content (AvgIpc) is 2.55. The van der Waals surface area contributed by atoms with Gasteiger partial charge in [-0.05, 0) is 78.0 Å². The number of hydrogen-bond donors (Lipinski definition) is 1. The monoisotopic (exact) mass is 425 g/mol. The largest absolute Gasteiger partial charge is 0.484 e. The molecule has 120 valence electrons. The van der Waals surface area contributed by atoms with E-state index in [2.05, 4.69) is 27.9 Å². The van der Waals surface area contributed by atoms with Crippen molar-refractivity contribution in [1.29, 1.82) is 0 Å². The number of nitrogens with one attached hydrogen (secondary N) is 1. The number of esters is 1. The first-order valence-electron chi connectivity index (χ1n) is 7.04. The molecule has 2 rings (SSSR count). The molecule has 0 fully saturated rings. The topological polar surface area (TPSA) is 64.6 Å². The van der Waals surface area contributed by atoms with Crippen molar-refractivity contribution in [1.82, 2.24) is 0 Å². The highest BCUT2D eigenvalue weighted by molar-refractivity contribution is 14.1. The van der Waals surface area contributed by atoms with Gasteiger partial charge < -0.3 is 14.8 Å². The van der Waals surface area contributed by atoms with Crippen LogP contribution < -0.4 is 10.1 Å². The smallest absolute Gasteiger partial charge is 0.338 e. The molecule has 1 amide bonds. The first-order valence-corrected chi connectivity index (χ1v) is 8.11. The van der Waals surface area contributed by atoms with Crippen LogP contribution >= 0.6 is 22.6 Å². The predicted octanol–water partition coefficient (Wildman–Crippen LogP) is 3.49. The van der Waals surface area contributed by atoms with Crippen molar-refractivity contribution in [2.45, 2.75) is 6.92 Å². The Bertz CT molecular complexity index is 668. The minimum Gasteiger partial charge on any atom is -0.484 e. The minimum atomic E-state index is -0.382. The summed E-state index contributed by atoms with van der Waals surface area (Å²) in [6, 6.07) is 13.9. The molecule has 0 unspecified atom stereocenters. The first kappa shape index (κ1) is 17.3. The maximum absolute atomic E-state index is 11.8. The molecule has 23 heavy (non-hydrogen) atoms. The van der Waals surface area contributed by atoms with Crippen LogP contribution in [0.4, 0.5) is 5.69 Å². The van der Waals surface area contributed by atoms with Gasteiger partial charge in [0.05, 0.1) is 12.2 Å². The van der Waals surface area contributed by atoms with Crippen molar-refractivity contribution in [3.05, 3.63) is 57.7 Å². The van der Waals surface area contributed by atoms with Crippen molar-refractivity contribution < 1.29 is 19.1 Å². The molecule has 0 radical (unpaired) electrons. The summed E-state index contributed by atoms with van der Waals surface area (Å²) in [4.78, 5) is 23.4. The molecule has 0 aromatic heterocycles. The zero-order chi connectivity index (χ0) is 16.7. The van der Waals surface area contributed by atoms with Crippen LogP contribution in [0.25, 0.3) is 0 Å². The second kappa shape index (κ2) is 8.52. The third-order valence-electron chi connectivity index (χ3n) is 2.86. The fraction of sp³-hybridized carbons (Fsp3) is 0.176. The van der Waals surface area contributed by atoms with E-state index in [4.69, 9.17) is 9.47 Å². The number of hydrogen-bond acceptors (Lipinski definition) is 4. The van der Waals surface area contributed by atoms with E-state index in [0.717, 1.165) is 3.57 Å². The van der Waals surface area contributed by atoms with Gasteiger partial charge in [0.15, 0.2) is 6.61 Å². The van der Waals surface area contributed by atoms with Crippen LogP contribution in [0, 0.1) is 3.57 Å². The van der Waals surface area contributed by atoms with E-state index < -0.39 is 0 Å². The summed E-state index contributed by atoms with van der Waals surface area (Å²) in [7, 11) is 0. The summed E-state index contributed by atoms with van der Waals surface area (Å²) in [5, 5.41) is 2.70. The lowest BCUT2D eigenvalue weighted by Crippen LogP contribution is -2.20.